The lowest BCUT2D eigenvalue weighted by Crippen LogP contribution is -2.64. The minimum atomic E-state index is -2.27. The maximum atomic E-state index is 12.6. The number of carbonyl (C=O) groups excluding carboxylic acids is 1. The Morgan fingerprint density at radius 2 is 1.84 bits per heavy atom. The van der Waals surface area contributed by atoms with Crippen LogP contribution >= 0.6 is 0 Å². The number of methoxy groups -OCH3 is 1. The van der Waals surface area contributed by atoms with Gasteiger partial charge in [-0.25, -0.2) is 9.59 Å². The molecule has 2 aliphatic heterocycles. The number of aliphatic hydroxyl groups excluding tert-OH is 2. The topological polar surface area (TPSA) is 154 Å². The van der Waals surface area contributed by atoms with Crippen LogP contribution in [0.3, 0.4) is 0 Å². The first-order valence-electron chi connectivity index (χ1n) is 10.5. The molecule has 4 unspecified atom stereocenters. The van der Waals surface area contributed by atoms with Gasteiger partial charge >= 0.3 is 11.9 Å². The highest BCUT2D eigenvalue weighted by Gasteiger charge is 2.69. The lowest BCUT2D eigenvalue weighted by molar-refractivity contribution is -0.165. The van der Waals surface area contributed by atoms with Gasteiger partial charge in [-0.05, 0) is 44.5 Å². The summed E-state index contributed by atoms with van der Waals surface area (Å²) in [6.45, 7) is 1.05. The second-order valence-corrected chi connectivity index (χ2v) is 8.93. The van der Waals surface area contributed by atoms with Crippen molar-refractivity contribution in [2.45, 2.75) is 37.2 Å². The third-order valence-electron chi connectivity index (χ3n) is 7.52. The summed E-state index contributed by atoms with van der Waals surface area (Å²) in [6.07, 6.45) is 5.58. The fourth-order valence-corrected chi connectivity index (χ4v) is 6.10. The SMILES string of the molecule is COC1=C2O[C@H]3C(=O)C=C[C@H]4[C@H]5CC(C=C1)C2[C@@]34CCN5C.O=C(O)C(O)C(O)C(=O)O. The first kappa shape index (κ1) is 22.5. The highest BCUT2D eigenvalue weighted by Crippen LogP contribution is 2.66. The normalized spacial score (nSPS) is 38.1. The Labute approximate surface area is 184 Å². The van der Waals surface area contributed by atoms with Gasteiger partial charge in [-0.1, -0.05) is 12.2 Å². The van der Waals surface area contributed by atoms with E-state index in [9.17, 15) is 14.4 Å². The van der Waals surface area contributed by atoms with E-state index in [-0.39, 0.29) is 17.3 Å². The number of aliphatic carboxylic acids is 2. The van der Waals surface area contributed by atoms with Crippen LogP contribution in [0.25, 0.3) is 0 Å². The standard InChI is InChI=1S/C18H21NO3.C4H6O6/c1-19-8-7-18-11-4-5-13(20)17(18)22-16-14(21-2)6-3-10(15(16)18)9-12(11)19;5-1(3(7)8)2(6)4(9)10/h3-6,10-12,15,17H,7-9H2,1-2H3;1-2,5-6H,(H,7,8)(H,9,10)/t10?,11-,12+,15?,17-,18-;/m0./s1. The van der Waals surface area contributed by atoms with Crippen molar-refractivity contribution in [3.05, 3.63) is 35.8 Å². The number of carbonyl (C=O) groups is 3. The molecule has 4 N–H and O–H groups in total. The van der Waals surface area contributed by atoms with E-state index < -0.39 is 24.1 Å². The Bertz CT molecular complexity index is 906. The van der Waals surface area contributed by atoms with Gasteiger partial charge in [0.2, 0.25) is 0 Å². The largest absolute Gasteiger partial charge is 0.493 e. The molecule has 174 valence electrons. The summed E-state index contributed by atoms with van der Waals surface area (Å²) < 4.78 is 11.8. The van der Waals surface area contributed by atoms with Crippen LogP contribution in [0, 0.1) is 23.2 Å². The summed E-state index contributed by atoms with van der Waals surface area (Å²) in [6, 6.07) is 0.513. The third-order valence-corrected chi connectivity index (χ3v) is 7.52. The van der Waals surface area contributed by atoms with E-state index in [4.69, 9.17) is 29.9 Å². The molecule has 2 bridgehead atoms. The Hall–Kier alpha value is -2.69. The number of allylic oxidation sites excluding steroid dienone is 3. The number of likely N-dealkylation sites (tertiary alicyclic amines) is 1. The van der Waals surface area contributed by atoms with Gasteiger partial charge in [0, 0.05) is 23.3 Å². The zero-order valence-corrected chi connectivity index (χ0v) is 17.7. The molecule has 0 radical (unpaired) electrons. The molecular formula is C22H27NO9. The van der Waals surface area contributed by atoms with Gasteiger partial charge in [0.1, 0.15) is 5.76 Å². The molecule has 5 rings (SSSR count). The van der Waals surface area contributed by atoms with E-state index >= 15 is 0 Å². The molecule has 1 saturated carbocycles. The number of ketones is 1. The zero-order valence-electron chi connectivity index (χ0n) is 17.7. The van der Waals surface area contributed by atoms with Gasteiger partial charge in [0.25, 0.3) is 0 Å². The van der Waals surface area contributed by atoms with E-state index in [2.05, 4.69) is 24.1 Å². The van der Waals surface area contributed by atoms with Gasteiger partial charge in [-0.3, -0.25) is 4.79 Å². The lowest BCUT2D eigenvalue weighted by Gasteiger charge is -2.59. The Morgan fingerprint density at radius 1 is 1.19 bits per heavy atom. The molecule has 1 spiro atoms. The van der Waals surface area contributed by atoms with Crippen molar-refractivity contribution < 1.29 is 44.3 Å². The average Bonchev–Trinajstić information content (AvgIpc) is 3.12. The number of carboxylic acid groups (broad SMARTS) is 2. The molecule has 32 heavy (non-hydrogen) atoms. The van der Waals surface area contributed by atoms with E-state index in [1.165, 1.54) is 0 Å². The second kappa shape index (κ2) is 8.02. The number of carboxylic acids is 2. The summed E-state index contributed by atoms with van der Waals surface area (Å²) in [5, 5.41) is 32.5. The van der Waals surface area contributed by atoms with Gasteiger partial charge in [0.15, 0.2) is 29.9 Å². The Kier molecular flexibility index (Phi) is 5.64. The summed E-state index contributed by atoms with van der Waals surface area (Å²) in [4.78, 5) is 34.6. The molecule has 2 heterocycles. The minimum Gasteiger partial charge on any atom is -0.493 e. The summed E-state index contributed by atoms with van der Waals surface area (Å²) in [5.41, 5.74) is -0.0597. The number of ether oxygens (including phenoxy) is 2. The van der Waals surface area contributed by atoms with Crippen molar-refractivity contribution in [3.8, 4) is 0 Å². The van der Waals surface area contributed by atoms with E-state index in [1.807, 2.05) is 6.08 Å². The second-order valence-electron chi connectivity index (χ2n) is 8.93. The molecule has 2 saturated heterocycles. The van der Waals surface area contributed by atoms with Crippen molar-refractivity contribution in [3.63, 3.8) is 0 Å². The fraction of sp³-hybridized carbons (Fsp3) is 0.591. The molecule has 0 aromatic rings. The maximum Gasteiger partial charge on any atom is 0.335 e. The van der Waals surface area contributed by atoms with E-state index in [1.54, 1.807) is 13.2 Å². The van der Waals surface area contributed by atoms with Crippen molar-refractivity contribution in [1.29, 1.82) is 0 Å². The summed E-state index contributed by atoms with van der Waals surface area (Å²) in [7, 11) is 3.91. The number of aliphatic hydroxyl groups is 2. The molecule has 10 nitrogen and oxygen atoms in total. The molecular weight excluding hydrogens is 422 g/mol. The first-order valence-corrected chi connectivity index (χ1v) is 10.5. The lowest BCUT2D eigenvalue weighted by atomic mass is 9.48. The predicted molar refractivity (Wildman–Crippen MR) is 108 cm³/mol. The van der Waals surface area contributed by atoms with Gasteiger partial charge in [0.05, 0.1) is 7.11 Å². The molecule has 10 heteroatoms. The molecule has 0 amide bonds. The number of piperidine rings is 1. The Balaban J connectivity index is 0.000000211. The average molecular weight is 449 g/mol. The highest BCUT2D eigenvalue weighted by atomic mass is 16.5. The van der Waals surface area contributed by atoms with Crippen LogP contribution in [-0.2, 0) is 23.9 Å². The van der Waals surface area contributed by atoms with Crippen LogP contribution in [-0.4, -0.2) is 88.1 Å². The molecule has 3 aliphatic carbocycles. The third kappa shape index (κ3) is 3.16. The van der Waals surface area contributed by atoms with Crippen LogP contribution in [0.5, 0.6) is 0 Å². The van der Waals surface area contributed by atoms with Crippen molar-refractivity contribution in [2.24, 2.45) is 23.2 Å². The number of hydrogen-bond acceptors (Lipinski definition) is 8. The first-order chi connectivity index (χ1) is 15.1. The van der Waals surface area contributed by atoms with Crippen LogP contribution in [0.4, 0.5) is 0 Å². The predicted octanol–water partition coefficient (Wildman–Crippen LogP) is -0.228. The van der Waals surface area contributed by atoms with Gasteiger partial charge in [-0.2, -0.15) is 0 Å². The van der Waals surface area contributed by atoms with Crippen molar-refractivity contribution in [2.75, 3.05) is 20.7 Å². The highest BCUT2D eigenvalue weighted by molar-refractivity contribution is 5.96. The number of hydrogen-bond donors (Lipinski definition) is 4. The fourth-order valence-electron chi connectivity index (χ4n) is 6.10. The van der Waals surface area contributed by atoms with Crippen LogP contribution in [0.2, 0.25) is 0 Å². The molecule has 3 fully saturated rings. The van der Waals surface area contributed by atoms with E-state index in [0.29, 0.717) is 23.8 Å². The smallest absolute Gasteiger partial charge is 0.335 e. The molecule has 8 atom stereocenters. The van der Waals surface area contributed by atoms with Crippen LogP contribution in [0.15, 0.2) is 35.8 Å². The minimum absolute atomic E-state index is 0.0597. The molecule has 0 aromatic carbocycles. The summed E-state index contributed by atoms with van der Waals surface area (Å²) >= 11 is 0. The molecule has 5 aliphatic rings. The van der Waals surface area contributed by atoms with Crippen molar-refractivity contribution >= 4 is 17.7 Å². The van der Waals surface area contributed by atoms with Gasteiger partial charge < -0.3 is 34.8 Å². The van der Waals surface area contributed by atoms with Gasteiger partial charge in [-0.15, -0.1) is 0 Å². The quantitative estimate of drug-likeness (QED) is 0.453. The number of rotatable bonds is 4. The monoisotopic (exact) mass is 449 g/mol. The van der Waals surface area contributed by atoms with Crippen molar-refractivity contribution in [1.82, 2.24) is 4.90 Å². The number of nitrogens with zero attached hydrogens (tertiary/aromatic N) is 1. The summed E-state index contributed by atoms with van der Waals surface area (Å²) in [5.74, 6) is -0.470. The van der Waals surface area contributed by atoms with E-state index in [0.717, 1.165) is 30.9 Å². The zero-order chi connectivity index (χ0) is 23.4. The van der Waals surface area contributed by atoms with Crippen LogP contribution < -0.4 is 0 Å². The van der Waals surface area contributed by atoms with Crippen LogP contribution in [0.1, 0.15) is 12.8 Å². The maximum absolute atomic E-state index is 12.6. The Morgan fingerprint density at radius 3 is 2.44 bits per heavy atom. The molecule has 0 aromatic heterocycles.